The number of benzene rings is 2. The molecule has 0 aliphatic rings. The van der Waals surface area contributed by atoms with Crippen LogP contribution >= 0.6 is 0 Å². The molecule has 5 nitrogen and oxygen atoms in total. The summed E-state index contributed by atoms with van der Waals surface area (Å²) >= 11 is 0. The van der Waals surface area contributed by atoms with Crippen LogP contribution in [0, 0.1) is 0 Å². The van der Waals surface area contributed by atoms with Crippen LogP contribution in [0.5, 0.6) is 0 Å². The Kier molecular flexibility index (Phi) is 4.01. The second kappa shape index (κ2) is 6.27. The van der Waals surface area contributed by atoms with Gasteiger partial charge in [0.2, 0.25) is 0 Å². The lowest BCUT2D eigenvalue weighted by molar-refractivity contribution is 0.0689. The van der Waals surface area contributed by atoms with Gasteiger partial charge >= 0.3 is 5.97 Å². The lowest BCUT2D eigenvalue weighted by Gasteiger charge is -2.07. The predicted molar refractivity (Wildman–Crippen MR) is 86.3 cm³/mol. The van der Waals surface area contributed by atoms with E-state index in [1.165, 1.54) is 18.3 Å². The normalized spacial score (nSPS) is 10.4. The summed E-state index contributed by atoms with van der Waals surface area (Å²) in [5.41, 5.74) is 1.24. The van der Waals surface area contributed by atoms with Crippen molar-refractivity contribution in [2.75, 3.05) is 0 Å². The molecule has 2 N–H and O–H groups in total. The van der Waals surface area contributed by atoms with Gasteiger partial charge < -0.3 is 10.4 Å². The van der Waals surface area contributed by atoms with Crippen LogP contribution in [-0.2, 0) is 6.54 Å². The molecule has 0 saturated carbocycles. The Hall–Kier alpha value is -3.21. The van der Waals surface area contributed by atoms with E-state index in [4.69, 9.17) is 5.11 Å². The highest BCUT2D eigenvalue weighted by atomic mass is 16.4. The Balaban J connectivity index is 1.68. The molecular formula is C18H14N2O3. The largest absolute Gasteiger partial charge is 0.477 e. The number of amides is 1. The average molecular weight is 306 g/mol. The van der Waals surface area contributed by atoms with Crippen LogP contribution in [0.2, 0.25) is 0 Å². The van der Waals surface area contributed by atoms with Crippen LogP contribution in [-0.4, -0.2) is 22.0 Å². The number of carboxylic acid groups (broad SMARTS) is 1. The molecule has 114 valence electrons. The van der Waals surface area contributed by atoms with Gasteiger partial charge in [-0.25, -0.2) is 9.78 Å². The van der Waals surface area contributed by atoms with Gasteiger partial charge in [0.15, 0.2) is 0 Å². The number of hydrogen-bond acceptors (Lipinski definition) is 3. The summed E-state index contributed by atoms with van der Waals surface area (Å²) in [5.74, 6) is -1.41. The molecule has 3 rings (SSSR count). The minimum Gasteiger partial charge on any atom is -0.477 e. The zero-order valence-electron chi connectivity index (χ0n) is 12.2. The van der Waals surface area contributed by atoms with Gasteiger partial charge in [-0.15, -0.1) is 0 Å². The molecule has 0 saturated heterocycles. The van der Waals surface area contributed by atoms with Gasteiger partial charge in [0.05, 0.1) is 5.56 Å². The Morgan fingerprint density at radius 3 is 2.48 bits per heavy atom. The van der Waals surface area contributed by atoms with Gasteiger partial charge in [-0.05, 0) is 34.5 Å². The highest BCUT2D eigenvalue weighted by Gasteiger charge is 2.09. The number of fused-ring (bicyclic) bond motifs is 1. The number of aromatic carboxylic acids is 1. The number of pyridine rings is 1. The zero-order chi connectivity index (χ0) is 16.2. The van der Waals surface area contributed by atoms with E-state index < -0.39 is 5.97 Å². The molecule has 23 heavy (non-hydrogen) atoms. The number of rotatable bonds is 4. The van der Waals surface area contributed by atoms with Gasteiger partial charge in [-0.2, -0.15) is 0 Å². The first kappa shape index (κ1) is 14.7. The number of nitrogens with one attached hydrogen (secondary N) is 1. The van der Waals surface area contributed by atoms with E-state index >= 15 is 0 Å². The average Bonchev–Trinajstić information content (AvgIpc) is 2.59. The molecule has 3 aromatic rings. The van der Waals surface area contributed by atoms with Crippen molar-refractivity contribution in [1.29, 1.82) is 0 Å². The van der Waals surface area contributed by atoms with Gasteiger partial charge in [0, 0.05) is 12.7 Å². The molecule has 1 aromatic heterocycles. The van der Waals surface area contributed by atoms with E-state index in [-0.39, 0.29) is 11.6 Å². The van der Waals surface area contributed by atoms with Crippen molar-refractivity contribution < 1.29 is 14.7 Å². The van der Waals surface area contributed by atoms with Crippen LogP contribution in [0.3, 0.4) is 0 Å². The molecule has 2 aromatic carbocycles. The van der Waals surface area contributed by atoms with Gasteiger partial charge in [-0.1, -0.05) is 36.4 Å². The Morgan fingerprint density at radius 1 is 1.00 bits per heavy atom. The number of carboxylic acids is 1. The number of nitrogens with zero attached hydrogens (tertiary/aromatic N) is 1. The predicted octanol–water partition coefficient (Wildman–Crippen LogP) is 2.86. The summed E-state index contributed by atoms with van der Waals surface area (Å²) in [6.07, 6.45) is 1.26. The molecule has 0 aliphatic carbocycles. The third-order valence-corrected chi connectivity index (χ3v) is 3.51. The standard InChI is InChI=1S/C18H14N2O3/c21-17(15-7-8-16(18(22)23)19-11-15)20-10-12-5-6-13-3-1-2-4-14(13)9-12/h1-9,11H,10H2,(H,20,21)(H,22,23). The van der Waals surface area contributed by atoms with Crippen molar-refractivity contribution in [2.24, 2.45) is 0 Å². The van der Waals surface area contributed by atoms with Crippen LogP contribution in [0.25, 0.3) is 10.8 Å². The first-order chi connectivity index (χ1) is 11.1. The van der Waals surface area contributed by atoms with Crippen molar-refractivity contribution in [3.05, 3.63) is 77.6 Å². The molecule has 0 fully saturated rings. The molecular weight excluding hydrogens is 292 g/mol. The molecule has 0 bridgehead atoms. The number of hydrogen-bond donors (Lipinski definition) is 2. The summed E-state index contributed by atoms with van der Waals surface area (Å²) in [6.45, 7) is 0.393. The molecule has 5 heteroatoms. The fourth-order valence-corrected chi connectivity index (χ4v) is 2.29. The summed E-state index contributed by atoms with van der Waals surface area (Å²) < 4.78 is 0. The number of aromatic nitrogens is 1. The fourth-order valence-electron chi connectivity index (χ4n) is 2.29. The van der Waals surface area contributed by atoms with Gasteiger partial charge in [0.25, 0.3) is 5.91 Å². The Bertz CT molecular complexity index is 873. The van der Waals surface area contributed by atoms with E-state index in [0.29, 0.717) is 12.1 Å². The maximum absolute atomic E-state index is 12.1. The summed E-state index contributed by atoms with van der Waals surface area (Å²) in [6, 6.07) is 16.8. The monoisotopic (exact) mass is 306 g/mol. The van der Waals surface area contributed by atoms with Crippen LogP contribution in [0.15, 0.2) is 60.8 Å². The SMILES string of the molecule is O=C(NCc1ccc2ccccc2c1)c1ccc(C(=O)O)nc1. The van der Waals surface area contributed by atoms with Crippen molar-refractivity contribution in [3.63, 3.8) is 0 Å². The highest BCUT2D eigenvalue weighted by molar-refractivity contribution is 5.94. The first-order valence-electron chi connectivity index (χ1n) is 7.09. The molecule has 1 amide bonds. The number of carbonyl (C=O) groups is 2. The molecule has 0 atom stereocenters. The minimum absolute atomic E-state index is 0.0870. The van der Waals surface area contributed by atoms with Crippen molar-refractivity contribution in [2.45, 2.75) is 6.54 Å². The summed E-state index contributed by atoms with van der Waals surface area (Å²) in [7, 11) is 0. The fraction of sp³-hybridized carbons (Fsp3) is 0.0556. The van der Waals surface area contributed by atoms with E-state index in [9.17, 15) is 9.59 Å². The third-order valence-electron chi connectivity index (χ3n) is 3.51. The third kappa shape index (κ3) is 3.35. The topological polar surface area (TPSA) is 79.3 Å². The van der Waals surface area contributed by atoms with Crippen molar-refractivity contribution in [1.82, 2.24) is 10.3 Å². The van der Waals surface area contributed by atoms with Crippen molar-refractivity contribution in [3.8, 4) is 0 Å². The second-order valence-corrected chi connectivity index (χ2v) is 5.10. The minimum atomic E-state index is -1.12. The summed E-state index contributed by atoms with van der Waals surface area (Å²) in [5, 5.41) is 13.9. The van der Waals surface area contributed by atoms with E-state index in [2.05, 4.69) is 10.3 Å². The van der Waals surface area contributed by atoms with E-state index in [0.717, 1.165) is 16.3 Å². The van der Waals surface area contributed by atoms with Crippen LogP contribution < -0.4 is 5.32 Å². The molecule has 0 radical (unpaired) electrons. The van der Waals surface area contributed by atoms with E-state index in [1.807, 2.05) is 42.5 Å². The lowest BCUT2D eigenvalue weighted by Crippen LogP contribution is -2.23. The molecule has 1 heterocycles. The smallest absolute Gasteiger partial charge is 0.354 e. The number of carbonyl (C=O) groups excluding carboxylic acids is 1. The Labute approximate surface area is 132 Å². The van der Waals surface area contributed by atoms with Crippen LogP contribution in [0.4, 0.5) is 0 Å². The Morgan fingerprint density at radius 2 is 1.78 bits per heavy atom. The highest BCUT2D eigenvalue weighted by Crippen LogP contribution is 2.15. The van der Waals surface area contributed by atoms with Gasteiger partial charge in [-0.3, -0.25) is 4.79 Å². The summed E-state index contributed by atoms with van der Waals surface area (Å²) in [4.78, 5) is 26.5. The quantitative estimate of drug-likeness (QED) is 0.777. The molecule has 0 spiro atoms. The first-order valence-corrected chi connectivity index (χ1v) is 7.09. The lowest BCUT2D eigenvalue weighted by atomic mass is 10.1. The maximum atomic E-state index is 12.1. The molecule has 0 aliphatic heterocycles. The second-order valence-electron chi connectivity index (χ2n) is 5.10. The zero-order valence-corrected chi connectivity index (χ0v) is 12.2. The molecule has 0 unspecified atom stereocenters. The van der Waals surface area contributed by atoms with Gasteiger partial charge in [0.1, 0.15) is 5.69 Å². The maximum Gasteiger partial charge on any atom is 0.354 e. The van der Waals surface area contributed by atoms with Crippen molar-refractivity contribution >= 4 is 22.6 Å². The van der Waals surface area contributed by atoms with E-state index in [1.54, 1.807) is 0 Å². The van der Waals surface area contributed by atoms with Crippen LogP contribution in [0.1, 0.15) is 26.4 Å².